The Kier molecular flexibility index (Phi) is 4.66. The first kappa shape index (κ1) is 18.4. The van der Waals surface area contributed by atoms with Gasteiger partial charge in [-0.2, -0.15) is 0 Å². The van der Waals surface area contributed by atoms with E-state index in [1.165, 1.54) is 11.3 Å². The summed E-state index contributed by atoms with van der Waals surface area (Å²) in [5.74, 6) is 1.81. The van der Waals surface area contributed by atoms with Gasteiger partial charge in [-0.15, -0.1) is 0 Å². The largest absolute Gasteiger partial charge is 0.454 e. The fraction of sp³-hybridized carbons (Fsp3) is 0.478. The molecule has 2 fully saturated rings. The Labute approximate surface area is 170 Å². The van der Waals surface area contributed by atoms with Crippen LogP contribution in [0.4, 0.5) is 5.69 Å². The molecule has 6 nitrogen and oxygen atoms in total. The number of rotatable bonds is 7. The van der Waals surface area contributed by atoms with Crippen molar-refractivity contribution < 1.29 is 19.0 Å². The minimum absolute atomic E-state index is 0.254. The number of carbonyl (C=O) groups excluding carboxylic acids is 1. The van der Waals surface area contributed by atoms with E-state index in [0.717, 1.165) is 74.4 Å². The summed E-state index contributed by atoms with van der Waals surface area (Å²) in [5.41, 5.74) is 4.72. The van der Waals surface area contributed by atoms with E-state index in [1.807, 2.05) is 24.4 Å². The van der Waals surface area contributed by atoms with Crippen LogP contribution in [0.1, 0.15) is 24.8 Å². The van der Waals surface area contributed by atoms with Gasteiger partial charge in [0.1, 0.15) is 6.29 Å². The molecule has 1 saturated carbocycles. The van der Waals surface area contributed by atoms with Crippen molar-refractivity contribution in [3.05, 3.63) is 36.0 Å². The smallest absolute Gasteiger partial charge is 0.231 e. The molecule has 3 aliphatic rings. The highest BCUT2D eigenvalue weighted by atomic mass is 16.7. The van der Waals surface area contributed by atoms with Crippen LogP contribution in [-0.2, 0) is 16.0 Å². The summed E-state index contributed by atoms with van der Waals surface area (Å²) in [6, 6.07) is 8.28. The molecule has 3 heterocycles. The third-order valence-corrected chi connectivity index (χ3v) is 6.36. The van der Waals surface area contributed by atoms with Gasteiger partial charge in [0.2, 0.25) is 6.79 Å². The molecular weight excluding hydrogens is 368 g/mol. The van der Waals surface area contributed by atoms with Gasteiger partial charge in [0.25, 0.3) is 0 Å². The molecule has 1 saturated heterocycles. The lowest BCUT2D eigenvalue weighted by molar-refractivity contribution is -0.118. The highest BCUT2D eigenvalue weighted by Crippen LogP contribution is 2.53. The number of aldehydes is 1. The molecule has 2 aliphatic heterocycles. The molecule has 0 unspecified atom stereocenters. The maximum absolute atomic E-state index is 11.0. The predicted molar refractivity (Wildman–Crippen MR) is 109 cm³/mol. The summed E-state index contributed by atoms with van der Waals surface area (Å²) in [6.07, 6.45) is 7.05. The normalized spacial score (nSPS) is 19.1. The quantitative estimate of drug-likeness (QED) is 0.529. The second-order valence-corrected chi connectivity index (χ2v) is 8.54. The number of benzene rings is 1. The number of hydrogen-bond donors (Lipinski definition) is 0. The number of pyridine rings is 1. The van der Waals surface area contributed by atoms with Gasteiger partial charge in [-0.3, -0.25) is 4.98 Å². The Hall–Kier alpha value is -2.60. The molecule has 29 heavy (non-hydrogen) atoms. The van der Waals surface area contributed by atoms with Crippen LogP contribution in [0.5, 0.6) is 11.5 Å². The number of carbonyl (C=O) groups is 1. The Balaban J connectivity index is 1.42. The molecular formula is C23H26N2O4. The van der Waals surface area contributed by atoms with E-state index < -0.39 is 0 Å². The summed E-state index contributed by atoms with van der Waals surface area (Å²) >= 11 is 0. The summed E-state index contributed by atoms with van der Waals surface area (Å²) in [6.45, 7) is 3.01. The molecule has 0 atom stereocenters. The van der Waals surface area contributed by atoms with Crippen molar-refractivity contribution in [3.63, 3.8) is 0 Å². The molecule has 0 bridgehead atoms. The van der Waals surface area contributed by atoms with Crippen LogP contribution >= 0.6 is 0 Å². The molecule has 1 aromatic carbocycles. The Bertz CT molecular complexity index is 915. The lowest BCUT2D eigenvalue weighted by atomic mass is 9.58. The maximum atomic E-state index is 11.0. The number of hydrogen-bond acceptors (Lipinski definition) is 6. The Morgan fingerprint density at radius 3 is 2.86 bits per heavy atom. The molecule has 0 radical (unpaired) electrons. The number of fused-ring (bicyclic) bond motifs is 1. The van der Waals surface area contributed by atoms with Crippen LogP contribution in [0.2, 0.25) is 0 Å². The fourth-order valence-electron chi connectivity index (χ4n) is 4.90. The van der Waals surface area contributed by atoms with E-state index in [-0.39, 0.29) is 12.7 Å². The van der Waals surface area contributed by atoms with Gasteiger partial charge in [-0.05, 0) is 55.5 Å². The maximum Gasteiger partial charge on any atom is 0.231 e. The average molecular weight is 394 g/mol. The van der Waals surface area contributed by atoms with Crippen LogP contribution in [0.15, 0.2) is 30.5 Å². The first-order valence-electron chi connectivity index (χ1n) is 10.3. The lowest BCUT2D eigenvalue weighted by Gasteiger charge is -2.59. The van der Waals surface area contributed by atoms with Crippen LogP contribution in [0, 0.1) is 11.3 Å². The van der Waals surface area contributed by atoms with Crippen LogP contribution in [0.25, 0.3) is 11.3 Å². The number of aryl methyl sites for hydroxylation is 1. The van der Waals surface area contributed by atoms with Crippen molar-refractivity contribution in [2.24, 2.45) is 11.3 Å². The van der Waals surface area contributed by atoms with Crippen molar-refractivity contribution in [1.82, 2.24) is 4.98 Å². The monoisotopic (exact) mass is 394 g/mol. The van der Waals surface area contributed by atoms with E-state index in [1.54, 1.807) is 7.11 Å². The van der Waals surface area contributed by atoms with Gasteiger partial charge >= 0.3 is 0 Å². The van der Waals surface area contributed by atoms with Gasteiger partial charge in [0, 0.05) is 49.9 Å². The lowest BCUT2D eigenvalue weighted by Crippen LogP contribution is -2.62. The third-order valence-electron chi connectivity index (χ3n) is 6.36. The molecule has 1 spiro atoms. The number of ether oxygens (including phenoxy) is 3. The zero-order chi connectivity index (χ0) is 19.8. The van der Waals surface area contributed by atoms with Crippen LogP contribution in [-0.4, -0.2) is 44.9 Å². The van der Waals surface area contributed by atoms with Gasteiger partial charge in [-0.25, -0.2) is 0 Å². The van der Waals surface area contributed by atoms with E-state index in [9.17, 15) is 4.79 Å². The van der Waals surface area contributed by atoms with Gasteiger partial charge in [-0.1, -0.05) is 0 Å². The second-order valence-electron chi connectivity index (χ2n) is 8.54. The van der Waals surface area contributed by atoms with E-state index in [4.69, 9.17) is 19.2 Å². The molecule has 152 valence electrons. The van der Waals surface area contributed by atoms with Crippen molar-refractivity contribution in [3.8, 4) is 22.8 Å². The highest BCUT2D eigenvalue weighted by molar-refractivity contribution is 5.78. The molecule has 6 heteroatoms. The predicted octanol–water partition coefficient (Wildman–Crippen LogP) is 3.47. The summed E-state index contributed by atoms with van der Waals surface area (Å²) in [5, 5.41) is 0. The number of aromatic nitrogens is 1. The number of anilines is 1. The number of methoxy groups -OCH3 is 1. The van der Waals surface area contributed by atoms with E-state index in [2.05, 4.69) is 11.0 Å². The van der Waals surface area contributed by atoms with Crippen molar-refractivity contribution in [2.45, 2.75) is 25.7 Å². The zero-order valence-corrected chi connectivity index (χ0v) is 16.7. The van der Waals surface area contributed by atoms with Gasteiger partial charge in [0.15, 0.2) is 11.5 Å². The van der Waals surface area contributed by atoms with E-state index >= 15 is 0 Å². The first-order chi connectivity index (χ1) is 14.2. The molecule has 0 amide bonds. The molecule has 5 rings (SSSR count). The standard InChI is InChI=1S/C23H26N2O4/c1-27-6-2-3-16-7-19(25-13-23(14-25)9-17(10-23)12-26)22(24-11-16)18-4-5-20-21(8-18)29-15-28-20/h4-5,7-8,11-12,17H,2-3,6,9-10,13-15H2,1H3. The van der Waals surface area contributed by atoms with E-state index in [0.29, 0.717) is 5.41 Å². The fourth-order valence-corrected chi connectivity index (χ4v) is 4.90. The zero-order valence-electron chi connectivity index (χ0n) is 16.7. The van der Waals surface area contributed by atoms with Crippen LogP contribution < -0.4 is 14.4 Å². The Morgan fingerprint density at radius 2 is 2.07 bits per heavy atom. The molecule has 2 aromatic rings. The summed E-state index contributed by atoms with van der Waals surface area (Å²) in [7, 11) is 1.73. The topological polar surface area (TPSA) is 60.9 Å². The van der Waals surface area contributed by atoms with Gasteiger partial charge in [0.05, 0.1) is 11.4 Å². The van der Waals surface area contributed by atoms with Crippen molar-refractivity contribution in [2.75, 3.05) is 38.5 Å². The Morgan fingerprint density at radius 1 is 1.24 bits per heavy atom. The molecule has 1 aromatic heterocycles. The minimum atomic E-state index is 0.254. The van der Waals surface area contributed by atoms with Crippen molar-refractivity contribution in [1.29, 1.82) is 0 Å². The molecule has 0 N–H and O–H groups in total. The third kappa shape index (κ3) is 3.35. The van der Waals surface area contributed by atoms with Crippen LogP contribution in [0.3, 0.4) is 0 Å². The van der Waals surface area contributed by atoms with Gasteiger partial charge < -0.3 is 23.9 Å². The SMILES string of the molecule is COCCCc1cnc(-c2ccc3c(c2)OCO3)c(N2CC3(CC(C=O)C3)C2)c1. The highest BCUT2D eigenvalue weighted by Gasteiger charge is 2.52. The first-order valence-corrected chi connectivity index (χ1v) is 10.3. The average Bonchev–Trinajstić information content (AvgIpc) is 3.14. The number of nitrogens with zero attached hydrogens (tertiary/aromatic N) is 2. The summed E-state index contributed by atoms with van der Waals surface area (Å²) < 4.78 is 16.2. The second kappa shape index (κ2) is 7.34. The molecule has 1 aliphatic carbocycles. The summed E-state index contributed by atoms with van der Waals surface area (Å²) in [4.78, 5) is 18.3. The van der Waals surface area contributed by atoms with Crippen molar-refractivity contribution >= 4 is 12.0 Å². The minimum Gasteiger partial charge on any atom is -0.454 e.